The topological polar surface area (TPSA) is 69.6 Å². The van der Waals surface area contributed by atoms with Gasteiger partial charge in [-0.15, -0.1) is 0 Å². The van der Waals surface area contributed by atoms with E-state index in [1.165, 1.54) is 0 Å². The molecular weight excluding hydrogens is 256 g/mol. The Balaban J connectivity index is 2.12. The van der Waals surface area contributed by atoms with Crippen molar-refractivity contribution in [2.45, 2.75) is 46.0 Å². The summed E-state index contributed by atoms with van der Waals surface area (Å²) in [6.07, 6.45) is 4.06. The van der Waals surface area contributed by atoms with Crippen LogP contribution in [-0.4, -0.2) is 48.1 Å². The van der Waals surface area contributed by atoms with Gasteiger partial charge < -0.3 is 10.4 Å². The number of carboxylic acids is 1. The number of carboxylic acid groups (broad SMARTS) is 1. The van der Waals surface area contributed by atoms with Crippen molar-refractivity contribution in [3.63, 3.8) is 0 Å². The van der Waals surface area contributed by atoms with Crippen LogP contribution in [0.3, 0.4) is 0 Å². The molecule has 0 aromatic carbocycles. The van der Waals surface area contributed by atoms with E-state index in [2.05, 4.69) is 24.1 Å². The lowest BCUT2D eigenvalue weighted by Crippen LogP contribution is -2.41. The zero-order chi connectivity index (χ0) is 15.0. The summed E-state index contributed by atoms with van der Waals surface area (Å²) in [5.74, 6) is 0.512. The number of nitrogens with one attached hydrogen (secondary N) is 1. The lowest BCUT2D eigenvalue weighted by atomic mass is 9.92. The summed E-state index contributed by atoms with van der Waals surface area (Å²) < 4.78 is 0. The fourth-order valence-electron chi connectivity index (χ4n) is 2.52. The van der Waals surface area contributed by atoms with Crippen LogP contribution in [0, 0.1) is 11.8 Å². The second kappa shape index (κ2) is 8.95. The van der Waals surface area contributed by atoms with Crippen LogP contribution < -0.4 is 5.32 Å². The van der Waals surface area contributed by atoms with Gasteiger partial charge in [-0.3, -0.25) is 14.5 Å². The summed E-state index contributed by atoms with van der Waals surface area (Å²) in [6, 6.07) is 0. The van der Waals surface area contributed by atoms with Gasteiger partial charge in [0.25, 0.3) is 0 Å². The summed E-state index contributed by atoms with van der Waals surface area (Å²) in [7, 11) is 0. The zero-order valence-corrected chi connectivity index (χ0v) is 12.7. The molecule has 0 bridgehead atoms. The van der Waals surface area contributed by atoms with Gasteiger partial charge in [0.05, 0.1) is 6.54 Å². The molecule has 1 saturated heterocycles. The molecule has 0 spiro atoms. The second-order valence-electron chi connectivity index (χ2n) is 6.18. The number of carbonyl (C=O) groups is 2. The average molecular weight is 284 g/mol. The van der Waals surface area contributed by atoms with Gasteiger partial charge in [-0.2, -0.15) is 0 Å². The number of hydrogen-bond acceptors (Lipinski definition) is 3. The highest BCUT2D eigenvalue weighted by Gasteiger charge is 2.21. The minimum absolute atomic E-state index is 0.106. The first kappa shape index (κ1) is 17.0. The smallest absolute Gasteiger partial charge is 0.303 e. The number of aliphatic carboxylic acids is 1. The molecule has 20 heavy (non-hydrogen) atoms. The third-order valence-corrected chi connectivity index (χ3v) is 3.88. The largest absolute Gasteiger partial charge is 0.481 e. The van der Waals surface area contributed by atoms with Crippen molar-refractivity contribution in [3.05, 3.63) is 0 Å². The van der Waals surface area contributed by atoms with Gasteiger partial charge in [-0.1, -0.05) is 13.8 Å². The molecule has 116 valence electrons. The van der Waals surface area contributed by atoms with Crippen LogP contribution in [-0.2, 0) is 9.59 Å². The van der Waals surface area contributed by atoms with Gasteiger partial charge in [0.2, 0.25) is 5.91 Å². The van der Waals surface area contributed by atoms with E-state index < -0.39 is 5.97 Å². The van der Waals surface area contributed by atoms with Crippen molar-refractivity contribution in [2.24, 2.45) is 11.8 Å². The van der Waals surface area contributed by atoms with Gasteiger partial charge in [0.15, 0.2) is 0 Å². The Labute approximate surface area is 121 Å². The van der Waals surface area contributed by atoms with Gasteiger partial charge in [-0.25, -0.2) is 0 Å². The SMILES string of the molecule is CC(C)CCNC(=O)CN1CCC(CCC(=O)O)CC1. The number of carbonyl (C=O) groups excluding carboxylic acids is 1. The van der Waals surface area contributed by atoms with E-state index in [-0.39, 0.29) is 12.3 Å². The third-order valence-electron chi connectivity index (χ3n) is 3.88. The number of rotatable bonds is 8. The van der Waals surface area contributed by atoms with E-state index in [0.717, 1.165) is 45.3 Å². The quantitative estimate of drug-likeness (QED) is 0.712. The van der Waals surface area contributed by atoms with Gasteiger partial charge >= 0.3 is 5.97 Å². The van der Waals surface area contributed by atoms with Gasteiger partial charge in [0, 0.05) is 13.0 Å². The number of hydrogen-bond donors (Lipinski definition) is 2. The molecule has 0 aliphatic carbocycles. The van der Waals surface area contributed by atoms with Crippen LogP contribution in [0.4, 0.5) is 0 Å². The minimum Gasteiger partial charge on any atom is -0.481 e. The van der Waals surface area contributed by atoms with Crippen LogP contribution in [0.25, 0.3) is 0 Å². The molecule has 2 N–H and O–H groups in total. The highest BCUT2D eigenvalue weighted by atomic mass is 16.4. The predicted molar refractivity (Wildman–Crippen MR) is 78.5 cm³/mol. The molecule has 0 aromatic rings. The Morgan fingerprint density at radius 2 is 1.95 bits per heavy atom. The molecule has 1 heterocycles. The Kier molecular flexibility index (Phi) is 7.59. The van der Waals surface area contributed by atoms with E-state index in [0.29, 0.717) is 18.4 Å². The van der Waals surface area contributed by atoms with Crippen molar-refractivity contribution in [1.82, 2.24) is 10.2 Å². The summed E-state index contributed by atoms with van der Waals surface area (Å²) in [5, 5.41) is 11.6. The zero-order valence-electron chi connectivity index (χ0n) is 12.7. The molecule has 1 rings (SSSR count). The standard InChI is InChI=1S/C15H28N2O3/c1-12(2)5-8-16-14(18)11-17-9-6-13(7-10-17)3-4-15(19)20/h12-13H,3-11H2,1-2H3,(H,16,18)(H,19,20). The molecule has 1 aliphatic heterocycles. The van der Waals surface area contributed by atoms with Crippen LogP contribution in [0.1, 0.15) is 46.0 Å². The van der Waals surface area contributed by atoms with E-state index in [1.807, 2.05) is 0 Å². The fourth-order valence-corrected chi connectivity index (χ4v) is 2.52. The monoisotopic (exact) mass is 284 g/mol. The molecule has 1 aliphatic rings. The minimum atomic E-state index is -0.711. The van der Waals surface area contributed by atoms with Gasteiger partial charge in [0.1, 0.15) is 0 Å². The average Bonchev–Trinajstić information content (AvgIpc) is 2.37. The normalized spacial score (nSPS) is 17.4. The van der Waals surface area contributed by atoms with E-state index >= 15 is 0 Å². The number of likely N-dealkylation sites (tertiary alicyclic amines) is 1. The molecule has 0 atom stereocenters. The highest BCUT2D eigenvalue weighted by Crippen LogP contribution is 2.21. The molecule has 0 unspecified atom stereocenters. The molecule has 0 radical (unpaired) electrons. The molecular formula is C15H28N2O3. The highest BCUT2D eigenvalue weighted by molar-refractivity contribution is 5.77. The first-order chi connectivity index (χ1) is 9.47. The van der Waals surface area contributed by atoms with Crippen LogP contribution in [0.5, 0.6) is 0 Å². The summed E-state index contributed by atoms with van der Waals surface area (Å²) in [5.41, 5.74) is 0. The maximum atomic E-state index is 11.8. The Morgan fingerprint density at radius 3 is 2.50 bits per heavy atom. The van der Waals surface area contributed by atoms with E-state index in [4.69, 9.17) is 5.11 Å². The van der Waals surface area contributed by atoms with Crippen molar-refractivity contribution < 1.29 is 14.7 Å². The molecule has 5 nitrogen and oxygen atoms in total. The van der Waals surface area contributed by atoms with Crippen molar-refractivity contribution in [2.75, 3.05) is 26.2 Å². The maximum Gasteiger partial charge on any atom is 0.303 e. The third kappa shape index (κ3) is 7.48. The lowest BCUT2D eigenvalue weighted by molar-refractivity contribution is -0.137. The van der Waals surface area contributed by atoms with Crippen LogP contribution >= 0.6 is 0 Å². The maximum absolute atomic E-state index is 11.8. The lowest BCUT2D eigenvalue weighted by Gasteiger charge is -2.31. The molecule has 1 amide bonds. The Hall–Kier alpha value is -1.10. The summed E-state index contributed by atoms with van der Waals surface area (Å²) in [6.45, 7) is 7.33. The Morgan fingerprint density at radius 1 is 1.30 bits per heavy atom. The molecule has 0 aromatic heterocycles. The fraction of sp³-hybridized carbons (Fsp3) is 0.867. The van der Waals surface area contributed by atoms with Crippen LogP contribution in [0.15, 0.2) is 0 Å². The number of amides is 1. The molecule has 5 heteroatoms. The van der Waals surface area contributed by atoms with Crippen molar-refractivity contribution >= 4 is 11.9 Å². The van der Waals surface area contributed by atoms with Crippen molar-refractivity contribution in [3.8, 4) is 0 Å². The molecule has 0 saturated carbocycles. The summed E-state index contributed by atoms with van der Waals surface area (Å²) in [4.78, 5) is 24.5. The Bertz CT molecular complexity index is 310. The summed E-state index contributed by atoms with van der Waals surface area (Å²) >= 11 is 0. The first-order valence-electron chi connectivity index (χ1n) is 7.68. The van der Waals surface area contributed by atoms with Gasteiger partial charge in [-0.05, 0) is 50.6 Å². The number of piperidine rings is 1. The molecule has 1 fully saturated rings. The van der Waals surface area contributed by atoms with Crippen LogP contribution in [0.2, 0.25) is 0 Å². The second-order valence-corrected chi connectivity index (χ2v) is 6.18. The predicted octanol–water partition coefficient (Wildman–Crippen LogP) is 1.73. The van der Waals surface area contributed by atoms with E-state index in [1.54, 1.807) is 0 Å². The van der Waals surface area contributed by atoms with E-state index in [9.17, 15) is 9.59 Å². The van der Waals surface area contributed by atoms with Crippen molar-refractivity contribution in [1.29, 1.82) is 0 Å². The first-order valence-corrected chi connectivity index (χ1v) is 7.68. The number of nitrogens with zero attached hydrogens (tertiary/aromatic N) is 1.